The van der Waals surface area contributed by atoms with Crippen molar-refractivity contribution >= 4 is 0 Å². The largest absolute Gasteiger partial charge is 0.491 e. The van der Waals surface area contributed by atoms with Crippen LogP contribution in [0.25, 0.3) is 0 Å². The van der Waals surface area contributed by atoms with Crippen LogP contribution in [0.2, 0.25) is 0 Å². The third-order valence-corrected chi connectivity index (χ3v) is 6.03. The summed E-state index contributed by atoms with van der Waals surface area (Å²) < 4.78 is 17.5. The van der Waals surface area contributed by atoms with E-state index in [1.807, 2.05) is 12.4 Å². The van der Waals surface area contributed by atoms with E-state index in [-0.39, 0.29) is 5.60 Å². The fourth-order valence-electron chi connectivity index (χ4n) is 4.36. The second kappa shape index (κ2) is 8.02. The molecule has 25 heavy (non-hydrogen) atoms. The molecule has 4 rings (SSSR count). The van der Waals surface area contributed by atoms with Gasteiger partial charge >= 0.3 is 0 Å². The van der Waals surface area contributed by atoms with E-state index in [0.29, 0.717) is 12.0 Å². The van der Waals surface area contributed by atoms with Gasteiger partial charge in [-0.15, -0.1) is 0 Å². The molecule has 1 saturated carbocycles. The summed E-state index contributed by atoms with van der Waals surface area (Å²) in [6.07, 6.45) is 12.1. The van der Waals surface area contributed by atoms with Crippen LogP contribution in [0, 0.1) is 5.92 Å². The van der Waals surface area contributed by atoms with E-state index in [1.165, 1.54) is 44.1 Å². The maximum atomic E-state index is 6.03. The lowest BCUT2D eigenvalue weighted by Gasteiger charge is -2.36. The molecule has 1 spiro atoms. The highest BCUT2D eigenvalue weighted by Gasteiger charge is 2.38. The Morgan fingerprint density at radius 3 is 2.88 bits per heavy atom. The molecule has 0 aromatic carbocycles. The molecule has 138 valence electrons. The average molecular weight is 346 g/mol. The molecule has 2 aliphatic heterocycles. The molecule has 1 aromatic heterocycles. The fraction of sp³-hybridized carbons (Fsp3) is 0.750. The zero-order valence-electron chi connectivity index (χ0n) is 15.0. The number of rotatable bonds is 6. The maximum absolute atomic E-state index is 6.03. The van der Waals surface area contributed by atoms with Crippen LogP contribution in [0.5, 0.6) is 5.75 Å². The van der Waals surface area contributed by atoms with Crippen LogP contribution in [-0.2, 0) is 16.0 Å². The van der Waals surface area contributed by atoms with E-state index in [2.05, 4.69) is 16.4 Å². The third kappa shape index (κ3) is 4.33. The van der Waals surface area contributed by atoms with Crippen LogP contribution < -0.4 is 10.1 Å². The Morgan fingerprint density at radius 1 is 1.20 bits per heavy atom. The Kier molecular flexibility index (Phi) is 5.54. The average Bonchev–Trinajstić information content (AvgIpc) is 3.33. The van der Waals surface area contributed by atoms with Crippen molar-refractivity contribution in [3.63, 3.8) is 0 Å². The van der Waals surface area contributed by atoms with Gasteiger partial charge in [-0.3, -0.25) is 4.98 Å². The summed E-state index contributed by atoms with van der Waals surface area (Å²) in [6.45, 7) is 4.21. The summed E-state index contributed by atoms with van der Waals surface area (Å²) in [6, 6.07) is 2.65. The van der Waals surface area contributed by atoms with E-state index in [1.54, 1.807) is 0 Å². The second-order valence-corrected chi connectivity index (χ2v) is 7.81. The molecular formula is C20H30N2O3. The van der Waals surface area contributed by atoms with Crippen molar-refractivity contribution in [2.75, 3.05) is 26.4 Å². The monoisotopic (exact) mass is 346 g/mol. The summed E-state index contributed by atoms with van der Waals surface area (Å²) in [7, 11) is 0. The predicted octanol–water partition coefficient (Wildman–Crippen LogP) is 3.08. The van der Waals surface area contributed by atoms with Crippen molar-refractivity contribution in [2.45, 2.75) is 63.1 Å². The van der Waals surface area contributed by atoms with Crippen LogP contribution in [0.3, 0.4) is 0 Å². The Morgan fingerprint density at radius 2 is 2.12 bits per heavy atom. The molecule has 0 radical (unpaired) electrons. The molecule has 1 unspecified atom stereocenters. The van der Waals surface area contributed by atoms with Gasteiger partial charge in [0.25, 0.3) is 0 Å². The molecule has 1 atom stereocenters. The minimum absolute atomic E-state index is 0.215. The van der Waals surface area contributed by atoms with Gasteiger partial charge in [0.15, 0.2) is 0 Å². The summed E-state index contributed by atoms with van der Waals surface area (Å²) in [5.74, 6) is 1.43. The fourth-order valence-corrected chi connectivity index (χ4v) is 4.36. The van der Waals surface area contributed by atoms with E-state index < -0.39 is 0 Å². The molecule has 1 aromatic rings. The number of pyridine rings is 1. The number of nitrogens with zero attached hydrogens (tertiary/aromatic N) is 1. The van der Waals surface area contributed by atoms with Crippen LogP contribution in [0.4, 0.5) is 0 Å². The summed E-state index contributed by atoms with van der Waals surface area (Å²) >= 11 is 0. The smallest absolute Gasteiger partial charge is 0.142 e. The number of hydrogen-bond donors (Lipinski definition) is 1. The molecular weight excluding hydrogens is 316 g/mol. The van der Waals surface area contributed by atoms with Gasteiger partial charge in [0, 0.05) is 43.5 Å². The third-order valence-electron chi connectivity index (χ3n) is 6.03. The second-order valence-electron chi connectivity index (χ2n) is 7.81. The Labute approximate surface area is 150 Å². The molecule has 3 aliphatic rings. The maximum Gasteiger partial charge on any atom is 0.142 e. The SMILES string of the molecule is c1cc(CNC2CCC3(CCCO3)CC2)c(OCC2CCOC2)cn1. The molecule has 0 bridgehead atoms. The van der Waals surface area contributed by atoms with Gasteiger partial charge in [-0.25, -0.2) is 0 Å². The van der Waals surface area contributed by atoms with Crippen molar-refractivity contribution in [3.05, 3.63) is 24.0 Å². The zero-order valence-corrected chi connectivity index (χ0v) is 15.0. The van der Waals surface area contributed by atoms with Crippen molar-refractivity contribution in [2.24, 2.45) is 5.92 Å². The lowest BCUT2D eigenvalue weighted by molar-refractivity contribution is -0.0302. The van der Waals surface area contributed by atoms with Crippen molar-refractivity contribution < 1.29 is 14.2 Å². The first-order chi connectivity index (χ1) is 12.3. The zero-order chi connectivity index (χ0) is 17.0. The minimum atomic E-state index is 0.215. The number of ether oxygens (including phenoxy) is 3. The van der Waals surface area contributed by atoms with Gasteiger partial charge in [0.1, 0.15) is 5.75 Å². The molecule has 0 amide bonds. The quantitative estimate of drug-likeness (QED) is 0.858. The van der Waals surface area contributed by atoms with Gasteiger partial charge in [-0.1, -0.05) is 0 Å². The Balaban J connectivity index is 1.26. The molecule has 2 saturated heterocycles. The Hall–Kier alpha value is -1.17. The molecule has 3 fully saturated rings. The highest BCUT2D eigenvalue weighted by atomic mass is 16.5. The first-order valence-corrected chi connectivity index (χ1v) is 9.84. The molecule has 5 heteroatoms. The predicted molar refractivity (Wildman–Crippen MR) is 95.7 cm³/mol. The van der Waals surface area contributed by atoms with Crippen LogP contribution in [-0.4, -0.2) is 43.1 Å². The highest BCUT2D eigenvalue weighted by molar-refractivity contribution is 5.29. The van der Waals surface area contributed by atoms with E-state index >= 15 is 0 Å². The van der Waals surface area contributed by atoms with Gasteiger partial charge in [-0.2, -0.15) is 0 Å². The lowest BCUT2D eigenvalue weighted by Crippen LogP contribution is -2.40. The summed E-state index contributed by atoms with van der Waals surface area (Å²) in [5, 5.41) is 3.72. The van der Waals surface area contributed by atoms with Crippen LogP contribution >= 0.6 is 0 Å². The minimum Gasteiger partial charge on any atom is -0.491 e. The summed E-state index contributed by atoms with van der Waals surface area (Å²) in [4.78, 5) is 4.23. The van der Waals surface area contributed by atoms with E-state index in [4.69, 9.17) is 14.2 Å². The molecule has 5 nitrogen and oxygen atoms in total. The van der Waals surface area contributed by atoms with Crippen molar-refractivity contribution in [1.29, 1.82) is 0 Å². The standard InChI is InChI=1S/C20H30N2O3/c1-6-20(25-10-1)7-2-18(3-8-20)22-12-17-4-9-21-13-19(17)24-15-16-5-11-23-14-16/h4,9,13,16,18,22H,1-3,5-8,10-12,14-15H2. The van der Waals surface area contributed by atoms with Crippen molar-refractivity contribution in [1.82, 2.24) is 10.3 Å². The van der Waals surface area contributed by atoms with Gasteiger partial charge in [0.05, 0.1) is 25.0 Å². The van der Waals surface area contributed by atoms with Gasteiger partial charge < -0.3 is 19.5 Å². The topological polar surface area (TPSA) is 52.6 Å². The van der Waals surface area contributed by atoms with E-state index in [0.717, 1.165) is 45.1 Å². The Bertz CT molecular complexity index is 544. The number of nitrogens with one attached hydrogen (secondary N) is 1. The lowest BCUT2D eigenvalue weighted by atomic mass is 9.80. The first-order valence-electron chi connectivity index (χ1n) is 9.84. The molecule has 1 aliphatic carbocycles. The van der Waals surface area contributed by atoms with Crippen molar-refractivity contribution in [3.8, 4) is 5.75 Å². The highest BCUT2D eigenvalue weighted by Crippen LogP contribution is 2.39. The van der Waals surface area contributed by atoms with Crippen LogP contribution in [0.1, 0.15) is 50.5 Å². The molecule has 1 N–H and O–H groups in total. The first kappa shape index (κ1) is 17.3. The number of aromatic nitrogens is 1. The van der Waals surface area contributed by atoms with Crippen LogP contribution in [0.15, 0.2) is 18.5 Å². The summed E-state index contributed by atoms with van der Waals surface area (Å²) in [5.41, 5.74) is 1.42. The number of hydrogen-bond acceptors (Lipinski definition) is 5. The van der Waals surface area contributed by atoms with Gasteiger partial charge in [-0.05, 0) is 51.0 Å². The normalized spacial score (nSPS) is 32.3. The molecule has 3 heterocycles. The van der Waals surface area contributed by atoms with E-state index in [9.17, 15) is 0 Å². The van der Waals surface area contributed by atoms with Gasteiger partial charge in [0.2, 0.25) is 0 Å².